The molecule has 4 N–H and O–H groups in total. The first kappa shape index (κ1) is 11.8. The molecule has 1 aliphatic rings. The number of aliphatic hydroxyl groups excluding tert-OH is 1. The summed E-state index contributed by atoms with van der Waals surface area (Å²) in [7, 11) is 0. The van der Waals surface area contributed by atoms with Crippen LogP contribution in [0.2, 0.25) is 0 Å². The molecule has 1 rings (SSSR count). The zero-order valence-corrected chi connectivity index (χ0v) is 8.65. The number of alkyl halides is 1. The van der Waals surface area contributed by atoms with Gasteiger partial charge in [-0.2, -0.15) is 0 Å². The van der Waals surface area contributed by atoms with Crippen molar-refractivity contribution >= 4 is 17.6 Å². The second-order valence-corrected chi connectivity index (χ2v) is 4.50. The number of aliphatic hydroxyl groups is 1. The SMILES string of the molecule is NC(CC1CCC(O)C(Cl)C1)C(=O)O. The molecule has 0 amide bonds. The van der Waals surface area contributed by atoms with Gasteiger partial charge < -0.3 is 15.9 Å². The lowest BCUT2D eigenvalue weighted by Crippen LogP contribution is -2.36. The third-order valence-corrected chi connectivity index (χ3v) is 3.22. The summed E-state index contributed by atoms with van der Waals surface area (Å²) in [6.07, 6.45) is 2.11. The van der Waals surface area contributed by atoms with Crippen molar-refractivity contribution in [3.05, 3.63) is 0 Å². The maximum absolute atomic E-state index is 10.5. The number of rotatable bonds is 3. The van der Waals surface area contributed by atoms with E-state index < -0.39 is 18.1 Å². The highest BCUT2D eigenvalue weighted by Gasteiger charge is 2.29. The Bertz CT molecular complexity index is 212. The van der Waals surface area contributed by atoms with Crippen molar-refractivity contribution in [2.24, 2.45) is 11.7 Å². The summed E-state index contributed by atoms with van der Waals surface area (Å²) in [5.41, 5.74) is 5.42. The molecule has 4 atom stereocenters. The minimum atomic E-state index is -0.970. The number of carbonyl (C=O) groups is 1. The predicted molar refractivity (Wildman–Crippen MR) is 53.2 cm³/mol. The first-order valence-corrected chi connectivity index (χ1v) is 5.25. The normalized spacial score (nSPS) is 35.2. The zero-order chi connectivity index (χ0) is 10.7. The highest BCUT2D eigenvalue weighted by Crippen LogP contribution is 2.30. The lowest BCUT2D eigenvalue weighted by molar-refractivity contribution is -0.139. The van der Waals surface area contributed by atoms with Crippen LogP contribution in [0.4, 0.5) is 0 Å². The van der Waals surface area contributed by atoms with Crippen LogP contribution in [0, 0.1) is 5.92 Å². The Kier molecular flexibility index (Phi) is 4.16. The van der Waals surface area contributed by atoms with Crippen LogP contribution < -0.4 is 5.73 Å². The van der Waals surface area contributed by atoms with Gasteiger partial charge in [0.1, 0.15) is 6.04 Å². The van der Waals surface area contributed by atoms with Crippen LogP contribution in [0.3, 0.4) is 0 Å². The fourth-order valence-corrected chi connectivity index (χ4v) is 2.23. The van der Waals surface area contributed by atoms with E-state index in [4.69, 9.17) is 22.4 Å². The van der Waals surface area contributed by atoms with Crippen molar-refractivity contribution in [2.75, 3.05) is 0 Å². The minimum Gasteiger partial charge on any atom is -0.480 e. The van der Waals surface area contributed by atoms with Crippen molar-refractivity contribution in [3.63, 3.8) is 0 Å². The minimum absolute atomic E-state index is 0.229. The highest BCUT2D eigenvalue weighted by molar-refractivity contribution is 6.21. The summed E-state index contributed by atoms with van der Waals surface area (Å²) >= 11 is 5.89. The number of carboxylic acids is 1. The van der Waals surface area contributed by atoms with Gasteiger partial charge in [-0.05, 0) is 31.6 Å². The first-order valence-electron chi connectivity index (χ1n) is 4.81. The van der Waals surface area contributed by atoms with Gasteiger partial charge in [-0.25, -0.2) is 0 Å². The van der Waals surface area contributed by atoms with Crippen LogP contribution in [0.25, 0.3) is 0 Å². The summed E-state index contributed by atoms with van der Waals surface area (Å²) < 4.78 is 0. The predicted octanol–water partition coefficient (Wildman–Crippen LogP) is 0.557. The molecule has 1 fully saturated rings. The maximum Gasteiger partial charge on any atom is 0.320 e. The van der Waals surface area contributed by atoms with Crippen molar-refractivity contribution < 1.29 is 15.0 Å². The first-order chi connectivity index (χ1) is 6.50. The lowest BCUT2D eigenvalue weighted by atomic mass is 9.83. The maximum atomic E-state index is 10.5. The van der Waals surface area contributed by atoms with E-state index in [-0.39, 0.29) is 11.3 Å². The van der Waals surface area contributed by atoms with Crippen LogP contribution in [0.1, 0.15) is 25.7 Å². The van der Waals surface area contributed by atoms with E-state index in [1.165, 1.54) is 0 Å². The van der Waals surface area contributed by atoms with Crippen molar-refractivity contribution in [1.82, 2.24) is 0 Å². The van der Waals surface area contributed by atoms with E-state index in [1.807, 2.05) is 0 Å². The molecule has 0 radical (unpaired) electrons. The largest absolute Gasteiger partial charge is 0.480 e. The molecule has 0 bridgehead atoms. The summed E-state index contributed by atoms with van der Waals surface area (Å²) in [6, 6.07) is -0.806. The molecule has 0 aromatic heterocycles. The molecular formula is C9H16ClNO3. The summed E-state index contributed by atoms with van der Waals surface area (Å²) in [5.74, 6) is -0.741. The van der Waals surface area contributed by atoms with Crippen LogP contribution in [0.5, 0.6) is 0 Å². The topological polar surface area (TPSA) is 83.5 Å². The van der Waals surface area contributed by atoms with E-state index >= 15 is 0 Å². The molecular weight excluding hydrogens is 206 g/mol. The quantitative estimate of drug-likeness (QED) is 0.608. The lowest BCUT2D eigenvalue weighted by Gasteiger charge is -2.30. The van der Waals surface area contributed by atoms with Crippen molar-refractivity contribution in [2.45, 2.75) is 43.2 Å². The Morgan fingerprint density at radius 1 is 1.57 bits per heavy atom. The Morgan fingerprint density at radius 3 is 2.71 bits per heavy atom. The van der Waals surface area contributed by atoms with Crippen LogP contribution in [0.15, 0.2) is 0 Å². The Balaban J connectivity index is 2.36. The van der Waals surface area contributed by atoms with Crippen LogP contribution >= 0.6 is 11.6 Å². The third-order valence-electron chi connectivity index (χ3n) is 2.75. The van der Waals surface area contributed by atoms with Crippen LogP contribution in [-0.2, 0) is 4.79 Å². The van der Waals surface area contributed by atoms with E-state index in [1.54, 1.807) is 0 Å². The second-order valence-electron chi connectivity index (χ2n) is 3.94. The van der Waals surface area contributed by atoms with Crippen molar-refractivity contribution in [1.29, 1.82) is 0 Å². The van der Waals surface area contributed by atoms with Gasteiger partial charge in [-0.15, -0.1) is 11.6 Å². The van der Waals surface area contributed by atoms with Crippen LogP contribution in [-0.4, -0.2) is 33.7 Å². The molecule has 5 heteroatoms. The molecule has 4 unspecified atom stereocenters. The van der Waals surface area contributed by atoms with Gasteiger partial charge in [-0.1, -0.05) is 0 Å². The zero-order valence-electron chi connectivity index (χ0n) is 7.90. The van der Waals surface area contributed by atoms with Gasteiger partial charge in [0.2, 0.25) is 0 Å². The molecule has 0 spiro atoms. The van der Waals surface area contributed by atoms with Crippen molar-refractivity contribution in [3.8, 4) is 0 Å². The summed E-state index contributed by atoms with van der Waals surface area (Å²) in [5, 5.41) is 17.7. The Hall–Kier alpha value is -0.320. The molecule has 0 saturated heterocycles. The number of hydrogen-bond donors (Lipinski definition) is 3. The Labute approximate surface area is 88.0 Å². The average Bonchev–Trinajstić information content (AvgIpc) is 2.11. The molecule has 1 aliphatic carbocycles. The molecule has 0 aromatic rings. The molecule has 0 aromatic carbocycles. The van der Waals surface area contributed by atoms with E-state index in [0.717, 1.165) is 6.42 Å². The molecule has 14 heavy (non-hydrogen) atoms. The standard InChI is InChI=1S/C9H16ClNO3/c10-6-3-5(1-2-8(6)12)4-7(11)9(13)14/h5-8,12H,1-4,11H2,(H,13,14). The van der Waals surface area contributed by atoms with E-state index in [2.05, 4.69) is 0 Å². The molecule has 0 aliphatic heterocycles. The number of halogens is 1. The number of aliphatic carboxylic acids is 1. The van der Waals surface area contributed by atoms with Gasteiger partial charge in [0.15, 0.2) is 0 Å². The molecule has 82 valence electrons. The van der Waals surface area contributed by atoms with E-state index in [0.29, 0.717) is 19.3 Å². The monoisotopic (exact) mass is 221 g/mol. The summed E-state index contributed by atoms with van der Waals surface area (Å²) in [6.45, 7) is 0. The molecule has 1 saturated carbocycles. The van der Waals surface area contributed by atoms with Gasteiger partial charge in [0.05, 0.1) is 11.5 Å². The fraction of sp³-hybridized carbons (Fsp3) is 0.889. The average molecular weight is 222 g/mol. The van der Waals surface area contributed by atoms with E-state index in [9.17, 15) is 9.90 Å². The number of hydrogen-bond acceptors (Lipinski definition) is 3. The molecule has 0 heterocycles. The van der Waals surface area contributed by atoms with Gasteiger partial charge >= 0.3 is 5.97 Å². The van der Waals surface area contributed by atoms with Gasteiger partial charge in [0.25, 0.3) is 0 Å². The third kappa shape index (κ3) is 3.12. The smallest absolute Gasteiger partial charge is 0.320 e. The Morgan fingerprint density at radius 2 is 2.21 bits per heavy atom. The number of nitrogens with two attached hydrogens (primary N) is 1. The summed E-state index contributed by atoms with van der Waals surface area (Å²) in [4.78, 5) is 10.5. The number of carboxylic acid groups (broad SMARTS) is 1. The van der Waals surface area contributed by atoms with Gasteiger partial charge in [0, 0.05) is 0 Å². The molecule has 4 nitrogen and oxygen atoms in total. The van der Waals surface area contributed by atoms with Gasteiger partial charge in [-0.3, -0.25) is 4.79 Å². The highest BCUT2D eigenvalue weighted by atomic mass is 35.5. The fourth-order valence-electron chi connectivity index (χ4n) is 1.85. The second kappa shape index (κ2) is 4.96.